The summed E-state index contributed by atoms with van der Waals surface area (Å²) in [7, 11) is 1.85. The molecule has 0 radical (unpaired) electrons. The first kappa shape index (κ1) is 22.6. The molecule has 8 heteroatoms. The van der Waals surface area contributed by atoms with E-state index in [1.807, 2.05) is 24.1 Å². The topological polar surface area (TPSA) is 51.2 Å². The van der Waals surface area contributed by atoms with E-state index >= 15 is 0 Å². The number of halogens is 2. The lowest BCUT2D eigenvalue weighted by molar-refractivity contribution is -0.131. The van der Waals surface area contributed by atoms with Crippen molar-refractivity contribution in [3.63, 3.8) is 0 Å². The van der Waals surface area contributed by atoms with Crippen LogP contribution in [0.25, 0.3) is 0 Å². The Hall–Kier alpha value is -1.06. The fourth-order valence-electron chi connectivity index (χ4n) is 4.30. The van der Waals surface area contributed by atoms with E-state index in [-0.39, 0.29) is 29.9 Å². The SMILES string of the molecule is CN=C(NC1CC1c1cccc(Cl)c1)N1CCN(CC(=O)N2CCCC2)CC1.I. The van der Waals surface area contributed by atoms with Gasteiger partial charge >= 0.3 is 0 Å². The molecule has 0 bridgehead atoms. The van der Waals surface area contributed by atoms with Crippen LogP contribution < -0.4 is 5.32 Å². The smallest absolute Gasteiger partial charge is 0.236 e. The van der Waals surface area contributed by atoms with Crippen LogP contribution >= 0.6 is 35.6 Å². The monoisotopic (exact) mass is 531 g/mol. The molecule has 2 saturated heterocycles. The Balaban J connectivity index is 0.00000240. The summed E-state index contributed by atoms with van der Waals surface area (Å²) in [6.45, 7) is 6.04. The van der Waals surface area contributed by atoms with Crippen molar-refractivity contribution < 1.29 is 4.79 Å². The van der Waals surface area contributed by atoms with Crippen molar-refractivity contribution in [1.29, 1.82) is 0 Å². The summed E-state index contributed by atoms with van der Waals surface area (Å²) in [5.74, 6) is 1.77. The third-order valence-electron chi connectivity index (χ3n) is 6.08. The molecular weight excluding hydrogens is 501 g/mol. The standard InChI is InChI=1S/C21H30ClN5O.HI/c1-23-21(24-19-14-18(19)16-5-4-6-17(22)13-16)27-11-9-25(10-12-27)15-20(28)26-7-2-3-8-26;/h4-6,13,18-19H,2-3,7-12,14-15H2,1H3,(H,23,24);1H. The van der Waals surface area contributed by atoms with Crippen LogP contribution in [-0.4, -0.2) is 85.5 Å². The Labute approximate surface area is 195 Å². The highest BCUT2D eigenvalue weighted by Gasteiger charge is 2.40. The maximum absolute atomic E-state index is 12.4. The summed E-state index contributed by atoms with van der Waals surface area (Å²) < 4.78 is 0. The number of carbonyl (C=O) groups excluding carboxylic acids is 1. The number of likely N-dealkylation sites (tertiary alicyclic amines) is 1. The Morgan fingerprint density at radius 1 is 1.14 bits per heavy atom. The molecule has 4 rings (SSSR count). The van der Waals surface area contributed by atoms with Crippen LogP contribution in [0, 0.1) is 0 Å². The van der Waals surface area contributed by atoms with Crippen LogP contribution in [0.2, 0.25) is 5.02 Å². The minimum absolute atomic E-state index is 0. The van der Waals surface area contributed by atoms with E-state index in [0.29, 0.717) is 18.5 Å². The zero-order valence-corrected chi connectivity index (χ0v) is 20.1. The number of nitrogens with one attached hydrogen (secondary N) is 1. The second kappa shape index (κ2) is 10.3. The number of amides is 1. The molecule has 1 N–H and O–H groups in total. The van der Waals surface area contributed by atoms with Gasteiger partial charge in [-0.25, -0.2) is 0 Å². The minimum atomic E-state index is 0. The van der Waals surface area contributed by atoms with Gasteiger partial charge < -0.3 is 15.1 Å². The Morgan fingerprint density at radius 2 is 1.86 bits per heavy atom. The summed E-state index contributed by atoms with van der Waals surface area (Å²) in [6, 6.07) is 8.57. The van der Waals surface area contributed by atoms with Crippen LogP contribution in [0.5, 0.6) is 0 Å². The summed E-state index contributed by atoms with van der Waals surface area (Å²) in [4.78, 5) is 23.5. The maximum atomic E-state index is 12.4. The molecule has 160 valence electrons. The lowest BCUT2D eigenvalue weighted by Crippen LogP contribution is -2.54. The summed E-state index contributed by atoms with van der Waals surface area (Å²) in [5.41, 5.74) is 1.30. The first-order valence-corrected chi connectivity index (χ1v) is 10.8. The van der Waals surface area contributed by atoms with Crippen LogP contribution in [0.15, 0.2) is 29.3 Å². The third kappa shape index (κ3) is 5.76. The molecule has 1 aromatic carbocycles. The van der Waals surface area contributed by atoms with E-state index in [1.54, 1.807) is 0 Å². The molecule has 2 heterocycles. The maximum Gasteiger partial charge on any atom is 0.236 e. The van der Waals surface area contributed by atoms with Gasteiger partial charge in [0.15, 0.2) is 5.96 Å². The van der Waals surface area contributed by atoms with Crippen LogP contribution in [0.3, 0.4) is 0 Å². The normalized spacial score (nSPS) is 25.0. The Bertz CT molecular complexity index is 732. The van der Waals surface area contributed by atoms with Gasteiger partial charge in [0.1, 0.15) is 0 Å². The molecule has 1 amide bonds. The van der Waals surface area contributed by atoms with E-state index in [9.17, 15) is 4.79 Å². The largest absolute Gasteiger partial charge is 0.353 e. The number of nitrogens with zero attached hydrogens (tertiary/aromatic N) is 4. The van der Waals surface area contributed by atoms with Gasteiger partial charge in [-0.1, -0.05) is 23.7 Å². The van der Waals surface area contributed by atoms with Gasteiger partial charge in [0.25, 0.3) is 0 Å². The van der Waals surface area contributed by atoms with E-state index in [2.05, 4.69) is 32.2 Å². The van der Waals surface area contributed by atoms with Crippen molar-refractivity contribution in [1.82, 2.24) is 20.0 Å². The summed E-state index contributed by atoms with van der Waals surface area (Å²) >= 11 is 6.13. The summed E-state index contributed by atoms with van der Waals surface area (Å²) in [5, 5.41) is 4.42. The number of carbonyl (C=O) groups is 1. The number of piperazine rings is 1. The fraction of sp³-hybridized carbons (Fsp3) is 0.619. The first-order chi connectivity index (χ1) is 13.6. The molecule has 2 unspecified atom stereocenters. The van der Waals surface area contributed by atoms with Crippen molar-refractivity contribution in [3.05, 3.63) is 34.9 Å². The van der Waals surface area contributed by atoms with Crippen molar-refractivity contribution >= 4 is 47.4 Å². The predicted octanol–water partition coefficient (Wildman–Crippen LogP) is 2.63. The van der Waals surface area contributed by atoms with E-state index in [1.165, 1.54) is 5.56 Å². The number of guanidine groups is 1. The van der Waals surface area contributed by atoms with Gasteiger partial charge in [0.05, 0.1) is 6.54 Å². The second-order valence-corrected chi connectivity index (χ2v) is 8.48. The lowest BCUT2D eigenvalue weighted by Gasteiger charge is -2.36. The van der Waals surface area contributed by atoms with Gasteiger partial charge in [0, 0.05) is 63.3 Å². The van der Waals surface area contributed by atoms with Crippen LogP contribution in [0.4, 0.5) is 0 Å². The average Bonchev–Trinajstić information content (AvgIpc) is 3.25. The van der Waals surface area contributed by atoms with E-state index in [0.717, 1.165) is 69.5 Å². The number of aliphatic imine (C=N–C) groups is 1. The molecular formula is C21H31ClIN5O. The van der Waals surface area contributed by atoms with Crippen LogP contribution in [-0.2, 0) is 4.79 Å². The molecule has 0 spiro atoms. The highest BCUT2D eigenvalue weighted by atomic mass is 127. The van der Waals surface area contributed by atoms with Crippen molar-refractivity contribution in [3.8, 4) is 0 Å². The molecule has 1 saturated carbocycles. The predicted molar refractivity (Wildman–Crippen MR) is 128 cm³/mol. The van der Waals surface area contributed by atoms with Crippen molar-refractivity contribution in [2.45, 2.75) is 31.2 Å². The minimum Gasteiger partial charge on any atom is -0.353 e. The quantitative estimate of drug-likeness (QED) is 0.369. The van der Waals surface area contributed by atoms with E-state index < -0.39 is 0 Å². The molecule has 2 atom stereocenters. The molecule has 1 aliphatic carbocycles. The number of hydrogen-bond donors (Lipinski definition) is 1. The van der Waals surface area contributed by atoms with Gasteiger partial charge in [-0.05, 0) is 37.0 Å². The molecule has 3 fully saturated rings. The average molecular weight is 532 g/mol. The van der Waals surface area contributed by atoms with Gasteiger partial charge in [0.2, 0.25) is 5.91 Å². The van der Waals surface area contributed by atoms with Crippen LogP contribution in [0.1, 0.15) is 30.7 Å². The van der Waals surface area contributed by atoms with Gasteiger partial charge in [-0.3, -0.25) is 14.7 Å². The van der Waals surface area contributed by atoms with Crippen molar-refractivity contribution in [2.24, 2.45) is 4.99 Å². The number of benzene rings is 1. The second-order valence-electron chi connectivity index (χ2n) is 8.05. The number of rotatable bonds is 4. The van der Waals surface area contributed by atoms with E-state index in [4.69, 9.17) is 11.6 Å². The summed E-state index contributed by atoms with van der Waals surface area (Å²) in [6.07, 6.45) is 3.42. The molecule has 29 heavy (non-hydrogen) atoms. The van der Waals surface area contributed by atoms with Crippen molar-refractivity contribution in [2.75, 3.05) is 52.9 Å². The molecule has 0 aromatic heterocycles. The zero-order chi connectivity index (χ0) is 19.5. The third-order valence-corrected chi connectivity index (χ3v) is 6.32. The highest BCUT2D eigenvalue weighted by molar-refractivity contribution is 14.0. The Kier molecular flexibility index (Phi) is 8.04. The first-order valence-electron chi connectivity index (χ1n) is 10.4. The lowest BCUT2D eigenvalue weighted by atomic mass is 10.1. The van der Waals surface area contributed by atoms with Gasteiger partial charge in [-0.2, -0.15) is 0 Å². The van der Waals surface area contributed by atoms with Gasteiger partial charge in [-0.15, -0.1) is 24.0 Å². The zero-order valence-electron chi connectivity index (χ0n) is 17.0. The Morgan fingerprint density at radius 3 is 2.52 bits per heavy atom. The molecule has 6 nitrogen and oxygen atoms in total. The fourth-order valence-corrected chi connectivity index (χ4v) is 4.50. The molecule has 3 aliphatic rings. The number of hydrogen-bond acceptors (Lipinski definition) is 3. The molecule has 1 aromatic rings. The molecule has 2 aliphatic heterocycles. The highest BCUT2D eigenvalue weighted by Crippen LogP contribution is 2.41.